The molecule has 1 heterocycles. The summed E-state index contributed by atoms with van der Waals surface area (Å²) >= 11 is 0. The van der Waals surface area contributed by atoms with Crippen LogP contribution in [-0.4, -0.2) is 35.8 Å². The van der Waals surface area contributed by atoms with Crippen molar-refractivity contribution in [2.24, 2.45) is 5.41 Å². The van der Waals surface area contributed by atoms with Crippen molar-refractivity contribution in [2.75, 3.05) is 13.7 Å². The largest absolute Gasteiger partial charge is 0.503 e. The first-order valence-electron chi connectivity index (χ1n) is 14.6. The molecular weight excluding hydrogens is 638 g/mol. The van der Waals surface area contributed by atoms with Crippen molar-refractivity contribution in [1.82, 2.24) is 4.90 Å². The summed E-state index contributed by atoms with van der Waals surface area (Å²) in [6.45, 7) is 5.49. The zero-order valence-electron chi connectivity index (χ0n) is 25.7. The SMILES string of the molecule is COc1ccc(-c2cc(F)c(O)c(F)c2)cc1C1=C(CN2C(=O)OC(c3cc(C(F)(F)F)cc(C(F)(F)F)c3)[C@@H]2C)CC(C)(C)CC1. The Kier molecular flexibility index (Phi) is 8.74. The van der Waals surface area contributed by atoms with Gasteiger partial charge >= 0.3 is 18.4 Å². The van der Waals surface area contributed by atoms with Gasteiger partial charge in [0.25, 0.3) is 0 Å². The molecule has 1 amide bonds. The highest BCUT2D eigenvalue weighted by molar-refractivity contribution is 5.80. The van der Waals surface area contributed by atoms with Gasteiger partial charge in [-0.3, -0.25) is 4.90 Å². The van der Waals surface area contributed by atoms with E-state index >= 15 is 0 Å². The predicted octanol–water partition coefficient (Wildman–Crippen LogP) is 9.93. The predicted molar refractivity (Wildman–Crippen MR) is 156 cm³/mol. The molecule has 1 saturated heterocycles. The van der Waals surface area contributed by atoms with Crippen LogP contribution in [0.2, 0.25) is 0 Å². The highest BCUT2D eigenvalue weighted by Gasteiger charge is 2.44. The zero-order valence-corrected chi connectivity index (χ0v) is 25.7. The van der Waals surface area contributed by atoms with Crippen LogP contribution in [0.25, 0.3) is 16.7 Å². The number of rotatable bonds is 6. The molecule has 5 nitrogen and oxygen atoms in total. The number of hydrogen-bond acceptors (Lipinski definition) is 4. The van der Waals surface area contributed by atoms with E-state index in [4.69, 9.17) is 9.47 Å². The quantitative estimate of drug-likeness (QED) is 0.266. The summed E-state index contributed by atoms with van der Waals surface area (Å²) in [5.74, 6) is -2.96. The van der Waals surface area contributed by atoms with E-state index in [0.29, 0.717) is 41.9 Å². The number of alkyl halides is 6. The summed E-state index contributed by atoms with van der Waals surface area (Å²) in [6, 6.07) is 7.07. The highest BCUT2D eigenvalue weighted by atomic mass is 19.4. The second-order valence-electron chi connectivity index (χ2n) is 12.6. The molecular formula is C34H31F8NO4. The normalized spacial score (nSPS) is 20.1. The summed E-state index contributed by atoms with van der Waals surface area (Å²) < 4.78 is 121. The van der Waals surface area contributed by atoms with Crippen LogP contribution in [-0.2, 0) is 17.1 Å². The first-order chi connectivity index (χ1) is 21.8. The molecule has 3 aromatic carbocycles. The molecule has 1 unspecified atom stereocenters. The molecule has 1 aliphatic heterocycles. The lowest BCUT2D eigenvalue weighted by molar-refractivity contribution is -0.143. The van der Waals surface area contributed by atoms with Gasteiger partial charge in [0.1, 0.15) is 11.9 Å². The number of phenols is 1. The van der Waals surface area contributed by atoms with Crippen molar-refractivity contribution in [3.8, 4) is 22.6 Å². The molecule has 5 rings (SSSR count). The maximum absolute atomic E-state index is 14.2. The molecule has 0 saturated carbocycles. The Morgan fingerprint density at radius 1 is 0.936 bits per heavy atom. The fourth-order valence-electron chi connectivity index (χ4n) is 6.25. The number of carbonyl (C=O) groups is 1. The first kappa shape index (κ1) is 34.1. The number of halogens is 8. The van der Waals surface area contributed by atoms with Crippen molar-refractivity contribution in [3.05, 3.63) is 88.0 Å². The second kappa shape index (κ2) is 12.1. The van der Waals surface area contributed by atoms with Crippen LogP contribution in [0.15, 0.2) is 54.1 Å². The third-order valence-corrected chi connectivity index (χ3v) is 8.74. The first-order valence-corrected chi connectivity index (χ1v) is 14.6. The van der Waals surface area contributed by atoms with Gasteiger partial charge in [-0.2, -0.15) is 26.3 Å². The van der Waals surface area contributed by atoms with Gasteiger partial charge in [-0.05, 0) is 102 Å². The number of methoxy groups -OCH3 is 1. The van der Waals surface area contributed by atoms with Crippen LogP contribution in [0.1, 0.15) is 68.4 Å². The lowest BCUT2D eigenvalue weighted by Crippen LogP contribution is -2.35. The molecule has 1 fully saturated rings. The van der Waals surface area contributed by atoms with Crippen LogP contribution in [0.3, 0.4) is 0 Å². The molecule has 252 valence electrons. The van der Waals surface area contributed by atoms with Gasteiger partial charge in [-0.15, -0.1) is 0 Å². The molecule has 1 aliphatic carbocycles. The van der Waals surface area contributed by atoms with E-state index in [2.05, 4.69) is 0 Å². The molecule has 0 radical (unpaired) electrons. The second-order valence-corrected chi connectivity index (χ2v) is 12.6. The summed E-state index contributed by atoms with van der Waals surface area (Å²) in [7, 11) is 1.44. The minimum absolute atomic E-state index is 0.0202. The van der Waals surface area contributed by atoms with Gasteiger partial charge < -0.3 is 14.6 Å². The number of ether oxygens (including phenoxy) is 2. The number of phenolic OH excluding ortho intramolecular Hbond substituents is 1. The number of benzene rings is 3. The van der Waals surface area contributed by atoms with E-state index in [1.165, 1.54) is 18.9 Å². The van der Waals surface area contributed by atoms with E-state index in [9.17, 15) is 45.0 Å². The Morgan fingerprint density at radius 3 is 2.09 bits per heavy atom. The molecule has 2 atom stereocenters. The zero-order chi connectivity index (χ0) is 34.6. The number of aromatic hydroxyl groups is 1. The van der Waals surface area contributed by atoms with Gasteiger partial charge in [-0.25, -0.2) is 13.6 Å². The Balaban J connectivity index is 1.55. The van der Waals surface area contributed by atoms with E-state index < -0.39 is 64.7 Å². The van der Waals surface area contributed by atoms with E-state index in [-0.39, 0.29) is 23.6 Å². The topological polar surface area (TPSA) is 59.0 Å². The number of cyclic esters (lactones) is 1. The van der Waals surface area contributed by atoms with E-state index in [1.54, 1.807) is 18.2 Å². The molecule has 13 heteroatoms. The van der Waals surface area contributed by atoms with Crippen LogP contribution in [0.4, 0.5) is 39.9 Å². The monoisotopic (exact) mass is 669 g/mol. The lowest BCUT2D eigenvalue weighted by Gasteiger charge is -2.36. The van der Waals surface area contributed by atoms with Crippen molar-refractivity contribution in [3.63, 3.8) is 0 Å². The molecule has 1 N–H and O–H groups in total. The molecule has 0 spiro atoms. The average Bonchev–Trinajstić information content (AvgIpc) is 3.26. The Hall–Kier alpha value is -4.29. The minimum Gasteiger partial charge on any atom is -0.503 e. The number of carbonyl (C=O) groups excluding carboxylic acids is 1. The van der Waals surface area contributed by atoms with Crippen LogP contribution >= 0.6 is 0 Å². The van der Waals surface area contributed by atoms with Crippen LogP contribution in [0, 0.1) is 17.0 Å². The number of nitrogens with zero attached hydrogens (tertiary/aromatic N) is 1. The third-order valence-electron chi connectivity index (χ3n) is 8.74. The number of amides is 1. The van der Waals surface area contributed by atoms with E-state index in [1.807, 2.05) is 13.8 Å². The molecule has 0 aromatic heterocycles. The standard InChI is InChI=1S/C34H31F8NO4/c1-17-30(20-9-22(33(37,38)39)14-23(10-20)34(40,41)42)47-31(45)43(17)16-21-15-32(2,3)8-7-24(21)25-11-18(5-6-28(25)46-4)19-12-26(35)29(44)27(36)13-19/h5-6,9-14,17,30,44H,7-8,15-16H2,1-4H3/t17-,30?/m0/s1. The van der Waals surface area contributed by atoms with Gasteiger partial charge in [-0.1, -0.05) is 19.9 Å². The third kappa shape index (κ3) is 6.89. The molecule has 0 bridgehead atoms. The van der Waals surface area contributed by atoms with Crippen molar-refractivity contribution >= 4 is 11.7 Å². The fourth-order valence-corrected chi connectivity index (χ4v) is 6.25. The van der Waals surface area contributed by atoms with Crippen LogP contribution < -0.4 is 4.74 Å². The minimum atomic E-state index is -5.07. The molecule has 47 heavy (non-hydrogen) atoms. The van der Waals surface area contributed by atoms with Crippen molar-refractivity contribution < 1.29 is 54.5 Å². The van der Waals surface area contributed by atoms with Gasteiger partial charge in [0, 0.05) is 12.1 Å². The van der Waals surface area contributed by atoms with E-state index in [0.717, 1.165) is 29.7 Å². The average molecular weight is 670 g/mol. The summed E-state index contributed by atoms with van der Waals surface area (Å²) in [4.78, 5) is 14.5. The smallest absolute Gasteiger partial charge is 0.416 e. The summed E-state index contributed by atoms with van der Waals surface area (Å²) in [6.07, 6.45) is -10.8. The van der Waals surface area contributed by atoms with Gasteiger partial charge in [0.2, 0.25) is 0 Å². The summed E-state index contributed by atoms with van der Waals surface area (Å²) in [5.41, 5.74) is -1.03. The summed E-state index contributed by atoms with van der Waals surface area (Å²) in [5, 5.41) is 9.55. The highest BCUT2D eigenvalue weighted by Crippen LogP contribution is 2.47. The van der Waals surface area contributed by atoms with Crippen LogP contribution in [0.5, 0.6) is 11.5 Å². The maximum atomic E-state index is 14.2. The Labute approximate surface area is 265 Å². The Bertz CT molecular complexity index is 1690. The fraction of sp³-hybridized carbons (Fsp3) is 0.382. The lowest BCUT2D eigenvalue weighted by atomic mass is 9.72. The maximum Gasteiger partial charge on any atom is 0.416 e. The van der Waals surface area contributed by atoms with Crippen molar-refractivity contribution in [2.45, 2.75) is 64.5 Å². The van der Waals surface area contributed by atoms with Crippen molar-refractivity contribution in [1.29, 1.82) is 0 Å². The number of allylic oxidation sites excluding steroid dienone is 1. The number of hydrogen-bond donors (Lipinski definition) is 1. The van der Waals surface area contributed by atoms with Gasteiger partial charge in [0.05, 0.1) is 24.3 Å². The molecule has 2 aliphatic rings. The Morgan fingerprint density at radius 2 is 1.53 bits per heavy atom. The van der Waals surface area contributed by atoms with Gasteiger partial charge in [0.15, 0.2) is 17.4 Å². The molecule has 3 aromatic rings.